The van der Waals surface area contributed by atoms with Crippen molar-refractivity contribution in [1.82, 2.24) is 0 Å². The molecule has 6 heteroatoms. The number of aryl methyl sites for hydroxylation is 1. The fraction of sp³-hybridized carbons (Fsp3) is 0.231. The molecule has 0 spiro atoms. The first-order valence-electron chi connectivity index (χ1n) is 5.85. The van der Waals surface area contributed by atoms with E-state index in [0.29, 0.717) is 0 Å². The number of furan rings is 1. The zero-order chi connectivity index (χ0) is 13.8. The molecule has 0 saturated carbocycles. The fourth-order valence-corrected chi connectivity index (χ4v) is 2.59. The molecule has 0 atom stereocenters. The summed E-state index contributed by atoms with van der Waals surface area (Å²) in [5.41, 5.74) is 0.836. The van der Waals surface area contributed by atoms with E-state index in [2.05, 4.69) is 5.32 Å². The molecule has 1 heterocycles. The van der Waals surface area contributed by atoms with Crippen molar-refractivity contribution in [3.63, 3.8) is 0 Å². The third-order valence-corrected chi connectivity index (χ3v) is 3.64. The van der Waals surface area contributed by atoms with Gasteiger partial charge in [0, 0.05) is 29.3 Å². The molecule has 100 valence electrons. The summed E-state index contributed by atoms with van der Waals surface area (Å²) in [6.45, 7) is 4.53. The van der Waals surface area contributed by atoms with Crippen molar-refractivity contribution in [1.29, 1.82) is 0 Å². The molecule has 0 saturated heterocycles. The quantitative estimate of drug-likeness (QED) is 0.659. The predicted molar refractivity (Wildman–Crippen MR) is 74.8 cm³/mol. The maximum Gasteiger partial charge on any atom is 0.272 e. The number of benzene rings is 1. The van der Waals surface area contributed by atoms with Crippen molar-refractivity contribution in [3.05, 3.63) is 46.4 Å². The molecule has 5 nitrogen and oxygen atoms in total. The smallest absolute Gasteiger partial charge is 0.272 e. The zero-order valence-electron chi connectivity index (χ0n) is 10.7. The number of rotatable bonds is 5. The number of anilines is 1. The Morgan fingerprint density at radius 1 is 1.42 bits per heavy atom. The van der Waals surface area contributed by atoms with E-state index in [1.54, 1.807) is 12.3 Å². The summed E-state index contributed by atoms with van der Waals surface area (Å²) in [5, 5.41) is 14.0. The van der Waals surface area contributed by atoms with Crippen LogP contribution in [0.25, 0.3) is 0 Å². The maximum absolute atomic E-state index is 10.9. The molecule has 1 N–H and O–H groups in total. The van der Waals surface area contributed by atoms with Gasteiger partial charge in [-0.2, -0.15) is 0 Å². The largest absolute Gasteiger partial charge is 0.468 e. The second-order valence-corrected chi connectivity index (χ2v) is 5.06. The van der Waals surface area contributed by atoms with Crippen LogP contribution in [-0.4, -0.2) is 11.5 Å². The summed E-state index contributed by atoms with van der Waals surface area (Å²) in [6, 6.07) is 6.85. The number of non-ortho nitro benzene ring substituents is 1. The molecule has 0 aliphatic rings. The Morgan fingerprint density at radius 3 is 2.79 bits per heavy atom. The highest BCUT2D eigenvalue weighted by molar-refractivity contribution is 7.99. The summed E-state index contributed by atoms with van der Waals surface area (Å²) in [5.74, 6) is 0.807. The van der Waals surface area contributed by atoms with Gasteiger partial charge in [-0.05, 0) is 26.0 Å². The standard InChI is InChI=1S/C13H14N2O3S/c1-3-14-10-6-11(15(16)17)8-12(7-10)19-13-4-5-18-9(13)2/h4-8,14H,3H2,1-2H3. The van der Waals surface area contributed by atoms with E-state index in [4.69, 9.17) is 4.42 Å². The number of nitrogens with zero attached hydrogens (tertiary/aromatic N) is 1. The van der Waals surface area contributed by atoms with Gasteiger partial charge in [-0.15, -0.1) is 0 Å². The summed E-state index contributed by atoms with van der Waals surface area (Å²) in [4.78, 5) is 12.3. The van der Waals surface area contributed by atoms with E-state index in [1.165, 1.54) is 17.8 Å². The molecular formula is C13H14N2O3S. The van der Waals surface area contributed by atoms with Crippen LogP contribution in [0.4, 0.5) is 11.4 Å². The van der Waals surface area contributed by atoms with Gasteiger partial charge in [-0.3, -0.25) is 10.1 Å². The lowest BCUT2D eigenvalue weighted by Gasteiger charge is -2.06. The normalized spacial score (nSPS) is 10.4. The first kappa shape index (κ1) is 13.5. The van der Waals surface area contributed by atoms with Crippen LogP contribution < -0.4 is 5.32 Å². The van der Waals surface area contributed by atoms with Crippen molar-refractivity contribution >= 4 is 23.1 Å². The highest BCUT2D eigenvalue weighted by atomic mass is 32.2. The summed E-state index contributed by atoms with van der Waals surface area (Å²) in [6.07, 6.45) is 1.61. The van der Waals surface area contributed by atoms with Gasteiger partial charge in [-0.1, -0.05) is 11.8 Å². The molecule has 1 aromatic carbocycles. The van der Waals surface area contributed by atoms with E-state index >= 15 is 0 Å². The van der Waals surface area contributed by atoms with Gasteiger partial charge in [-0.25, -0.2) is 0 Å². The van der Waals surface area contributed by atoms with Gasteiger partial charge in [0.1, 0.15) is 5.76 Å². The SMILES string of the molecule is CCNc1cc(Sc2ccoc2C)cc([N+](=O)[O-])c1. The van der Waals surface area contributed by atoms with Gasteiger partial charge in [0.05, 0.1) is 16.1 Å². The molecular weight excluding hydrogens is 264 g/mol. The Balaban J connectivity index is 2.33. The highest BCUT2D eigenvalue weighted by Gasteiger charge is 2.12. The first-order valence-corrected chi connectivity index (χ1v) is 6.67. The molecule has 2 aromatic rings. The monoisotopic (exact) mass is 278 g/mol. The van der Waals surface area contributed by atoms with Crippen LogP contribution in [0.3, 0.4) is 0 Å². The second-order valence-electron chi connectivity index (χ2n) is 3.95. The second kappa shape index (κ2) is 5.79. The lowest BCUT2D eigenvalue weighted by atomic mass is 10.3. The minimum absolute atomic E-state index is 0.0853. The topological polar surface area (TPSA) is 68.3 Å². The van der Waals surface area contributed by atoms with Crippen LogP contribution in [0.5, 0.6) is 0 Å². The molecule has 0 radical (unpaired) electrons. The average Bonchev–Trinajstić information content (AvgIpc) is 2.75. The number of hydrogen-bond donors (Lipinski definition) is 1. The molecule has 0 aliphatic heterocycles. The van der Waals surface area contributed by atoms with Crippen LogP contribution in [0.15, 0.2) is 44.7 Å². The maximum atomic E-state index is 10.9. The van der Waals surface area contributed by atoms with E-state index < -0.39 is 0 Å². The van der Waals surface area contributed by atoms with Crippen LogP contribution >= 0.6 is 11.8 Å². The van der Waals surface area contributed by atoms with Gasteiger partial charge in [0.15, 0.2) is 0 Å². The lowest BCUT2D eigenvalue weighted by Crippen LogP contribution is -1.98. The molecule has 2 rings (SSSR count). The summed E-state index contributed by atoms with van der Waals surface area (Å²) < 4.78 is 5.22. The Hall–Kier alpha value is -1.95. The van der Waals surface area contributed by atoms with Crippen molar-refractivity contribution in [2.45, 2.75) is 23.6 Å². The Kier molecular flexibility index (Phi) is 4.11. The summed E-state index contributed by atoms with van der Waals surface area (Å²) in [7, 11) is 0. The van der Waals surface area contributed by atoms with Crippen molar-refractivity contribution in [3.8, 4) is 0 Å². The zero-order valence-corrected chi connectivity index (χ0v) is 11.5. The molecule has 0 aliphatic carbocycles. The number of nitrogens with one attached hydrogen (secondary N) is 1. The number of nitro groups is 1. The van der Waals surface area contributed by atoms with E-state index in [9.17, 15) is 10.1 Å². The molecule has 0 bridgehead atoms. The Morgan fingerprint density at radius 2 is 2.21 bits per heavy atom. The van der Waals surface area contributed by atoms with Gasteiger partial charge in [0.25, 0.3) is 5.69 Å². The van der Waals surface area contributed by atoms with Crippen LogP contribution in [0.1, 0.15) is 12.7 Å². The van der Waals surface area contributed by atoms with E-state index in [0.717, 1.165) is 27.8 Å². The van der Waals surface area contributed by atoms with Crippen molar-refractivity contribution in [2.24, 2.45) is 0 Å². The van der Waals surface area contributed by atoms with E-state index in [1.807, 2.05) is 26.0 Å². The minimum atomic E-state index is -0.382. The van der Waals surface area contributed by atoms with Gasteiger partial charge in [0.2, 0.25) is 0 Å². The highest BCUT2D eigenvalue weighted by Crippen LogP contribution is 2.34. The van der Waals surface area contributed by atoms with Gasteiger partial charge < -0.3 is 9.73 Å². The molecule has 19 heavy (non-hydrogen) atoms. The third-order valence-electron chi connectivity index (χ3n) is 2.52. The average molecular weight is 278 g/mol. The predicted octanol–water partition coefficient (Wildman–Crippen LogP) is 4.08. The minimum Gasteiger partial charge on any atom is -0.468 e. The molecule has 0 fully saturated rings. The van der Waals surface area contributed by atoms with Crippen LogP contribution in [-0.2, 0) is 0 Å². The Bertz CT molecular complexity index is 595. The molecule has 0 unspecified atom stereocenters. The lowest BCUT2D eigenvalue weighted by molar-refractivity contribution is -0.385. The Labute approximate surface area is 115 Å². The number of hydrogen-bond acceptors (Lipinski definition) is 5. The van der Waals surface area contributed by atoms with Gasteiger partial charge >= 0.3 is 0 Å². The number of nitro benzene ring substituents is 1. The first-order chi connectivity index (χ1) is 9.10. The third kappa shape index (κ3) is 3.29. The molecule has 0 amide bonds. The molecule has 1 aromatic heterocycles. The van der Waals surface area contributed by atoms with E-state index in [-0.39, 0.29) is 10.6 Å². The van der Waals surface area contributed by atoms with Crippen molar-refractivity contribution in [2.75, 3.05) is 11.9 Å². The van der Waals surface area contributed by atoms with Crippen LogP contribution in [0, 0.1) is 17.0 Å². The fourth-order valence-electron chi connectivity index (χ4n) is 1.66. The van der Waals surface area contributed by atoms with Crippen LogP contribution in [0.2, 0.25) is 0 Å². The van der Waals surface area contributed by atoms with Crippen molar-refractivity contribution < 1.29 is 9.34 Å². The summed E-state index contributed by atoms with van der Waals surface area (Å²) >= 11 is 1.45.